The quantitative estimate of drug-likeness (QED) is 0.919. The Balaban J connectivity index is 2.28. The van der Waals surface area contributed by atoms with Crippen molar-refractivity contribution in [3.8, 4) is 0 Å². The Kier molecular flexibility index (Phi) is 3.58. The molecule has 1 aliphatic carbocycles. The lowest BCUT2D eigenvalue weighted by atomic mass is 9.67. The van der Waals surface area contributed by atoms with Crippen LogP contribution < -0.4 is 5.73 Å². The van der Waals surface area contributed by atoms with E-state index in [0.29, 0.717) is 11.6 Å². The normalized spacial score (nSPS) is 25.1. The minimum atomic E-state index is -0.564. The molecule has 112 valence electrons. The molecule has 2 unspecified atom stereocenters. The van der Waals surface area contributed by atoms with Crippen molar-refractivity contribution in [3.63, 3.8) is 0 Å². The number of rotatable bonds is 2. The third-order valence-corrected chi connectivity index (χ3v) is 4.29. The first-order valence-corrected chi connectivity index (χ1v) is 7.25. The molecule has 0 saturated heterocycles. The average molecular weight is 293 g/mol. The van der Waals surface area contributed by atoms with Gasteiger partial charge in [-0.1, -0.05) is 11.6 Å². The van der Waals surface area contributed by atoms with Gasteiger partial charge in [-0.05, 0) is 38.5 Å². The van der Waals surface area contributed by atoms with Crippen LogP contribution in [0.4, 0.5) is 0 Å². The van der Waals surface area contributed by atoms with Crippen LogP contribution in [0.15, 0.2) is 54.1 Å². The van der Waals surface area contributed by atoms with Crippen molar-refractivity contribution in [1.82, 2.24) is 19.9 Å². The Morgan fingerprint density at radius 2 is 1.50 bits per heavy atom. The summed E-state index contributed by atoms with van der Waals surface area (Å²) in [5.74, 6) is 1.37. The summed E-state index contributed by atoms with van der Waals surface area (Å²) in [5.41, 5.74) is 9.16. The van der Waals surface area contributed by atoms with Gasteiger partial charge in [0.2, 0.25) is 0 Å². The summed E-state index contributed by atoms with van der Waals surface area (Å²) < 4.78 is 0. The van der Waals surface area contributed by atoms with E-state index in [0.717, 1.165) is 16.7 Å². The van der Waals surface area contributed by atoms with E-state index in [1.807, 2.05) is 6.92 Å². The van der Waals surface area contributed by atoms with Crippen LogP contribution in [-0.4, -0.2) is 26.0 Å². The molecule has 5 heteroatoms. The first kappa shape index (κ1) is 14.5. The fourth-order valence-electron chi connectivity index (χ4n) is 3.18. The van der Waals surface area contributed by atoms with Gasteiger partial charge < -0.3 is 5.73 Å². The largest absolute Gasteiger partial charge is 0.323 e. The van der Waals surface area contributed by atoms with E-state index in [9.17, 15) is 0 Å². The van der Waals surface area contributed by atoms with Crippen LogP contribution in [0.5, 0.6) is 0 Å². The molecule has 3 rings (SSSR count). The molecule has 0 radical (unpaired) electrons. The third kappa shape index (κ3) is 2.14. The van der Waals surface area contributed by atoms with Crippen LogP contribution in [0.3, 0.4) is 0 Å². The van der Waals surface area contributed by atoms with Crippen molar-refractivity contribution < 1.29 is 0 Å². The summed E-state index contributed by atoms with van der Waals surface area (Å²) >= 11 is 0. The molecule has 2 aromatic rings. The zero-order chi connectivity index (χ0) is 15.7. The highest BCUT2D eigenvalue weighted by molar-refractivity contribution is 5.78. The number of allylic oxidation sites excluding steroid dienone is 2. The number of nitrogens with two attached hydrogens (primary N) is 1. The fraction of sp³-hybridized carbons (Fsp3) is 0.294. The number of nitrogens with zero attached hydrogens (tertiary/aromatic N) is 4. The van der Waals surface area contributed by atoms with Crippen LogP contribution in [0.2, 0.25) is 0 Å². The molecule has 0 aromatic carbocycles. The van der Waals surface area contributed by atoms with Crippen molar-refractivity contribution in [3.05, 3.63) is 65.8 Å². The minimum Gasteiger partial charge on any atom is -0.323 e. The van der Waals surface area contributed by atoms with E-state index in [-0.39, 0.29) is 6.04 Å². The smallest absolute Gasteiger partial charge is 0.156 e. The summed E-state index contributed by atoms with van der Waals surface area (Å²) in [6.45, 7) is 6.17. The minimum absolute atomic E-state index is 0.225. The molecule has 0 aliphatic heterocycles. The van der Waals surface area contributed by atoms with E-state index in [4.69, 9.17) is 5.73 Å². The number of aromatic nitrogens is 4. The fourth-order valence-corrected chi connectivity index (χ4v) is 3.18. The van der Waals surface area contributed by atoms with Crippen molar-refractivity contribution >= 4 is 5.57 Å². The Bertz CT molecular complexity index is 736. The molecule has 0 spiro atoms. The second-order valence-electron chi connectivity index (χ2n) is 5.77. The molecule has 2 heterocycles. The lowest BCUT2D eigenvalue weighted by Crippen LogP contribution is -2.48. The van der Waals surface area contributed by atoms with Crippen LogP contribution in [0.1, 0.15) is 32.4 Å². The van der Waals surface area contributed by atoms with Gasteiger partial charge in [0.25, 0.3) is 0 Å². The van der Waals surface area contributed by atoms with E-state index in [1.165, 1.54) is 0 Å². The van der Waals surface area contributed by atoms with Gasteiger partial charge in [0.05, 0.1) is 5.41 Å². The highest BCUT2D eigenvalue weighted by Gasteiger charge is 2.45. The van der Waals surface area contributed by atoms with Gasteiger partial charge >= 0.3 is 0 Å². The average Bonchev–Trinajstić information content (AvgIpc) is 2.54. The first-order valence-electron chi connectivity index (χ1n) is 7.25. The summed E-state index contributed by atoms with van der Waals surface area (Å²) in [6.07, 6.45) is 9.07. The van der Waals surface area contributed by atoms with E-state index in [1.54, 1.807) is 36.9 Å². The topological polar surface area (TPSA) is 77.6 Å². The molecule has 0 amide bonds. The van der Waals surface area contributed by atoms with E-state index in [2.05, 4.69) is 39.9 Å². The predicted octanol–water partition coefficient (Wildman–Crippen LogP) is 2.29. The molecule has 5 nitrogen and oxygen atoms in total. The maximum Gasteiger partial charge on any atom is 0.156 e. The lowest BCUT2D eigenvalue weighted by Gasteiger charge is -2.40. The Hall–Kier alpha value is -2.40. The van der Waals surface area contributed by atoms with Crippen LogP contribution >= 0.6 is 0 Å². The molecule has 1 aliphatic rings. The van der Waals surface area contributed by atoms with E-state index < -0.39 is 5.41 Å². The van der Waals surface area contributed by atoms with Crippen LogP contribution in [0, 0.1) is 0 Å². The second kappa shape index (κ2) is 5.42. The molecule has 2 aromatic heterocycles. The van der Waals surface area contributed by atoms with Crippen LogP contribution in [-0.2, 0) is 5.41 Å². The van der Waals surface area contributed by atoms with Crippen molar-refractivity contribution in [2.45, 2.75) is 32.2 Å². The second-order valence-corrected chi connectivity index (χ2v) is 5.77. The van der Waals surface area contributed by atoms with Crippen molar-refractivity contribution in [1.29, 1.82) is 0 Å². The highest BCUT2D eigenvalue weighted by atomic mass is 14.9. The molecule has 0 saturated carbocycles. The summed E-state index contributed by atoms with van der Waals surface area (Å²) in [7, 11) is 0. The summed E-state index contributed by atoms with van der Waals surface area (Å²) in [4.78, 5) is 17.8. The molecule has 0 fully saturated rings. The zero-order valence-electron chi connectivity index (χ0n) is 13.0. The first-order chi connectivity index (χ1) is 10.5. The Morgan fingerprint density at radius 1 is 0.955 bits per heavy atom. The highest BCUT2D eigenvalue weighted by Crippen LogP contribution is 2.44. The van der Waals surface area contributed by atoms with Gasteiger partial charge in [0.15, 0.2) is 5.82 Å². The van der Waals surface area contributed by atoms with Gasteiger partial charge in [-0.2, -0.15) is 0 Å². The predicted molar refractivity (Wildman–Crippen MR) is 85.7 cm³/mol. The maximum atomic E-state index is 6.54. The number of hydrogen-bond acceptors (Lipinski definition) is 5. The lowest BCUT2D eigenvalue weighted by molar-refractivity contribution is 0.481. The summed E-state index contributed by atoms with van der Waals surface area (Å²) in [6, 6.07) is 3.39. The SMILES string of the molecule is CC1=CC(C)=C(c2ncccn2)C(C)(c2ncccn2)C1N. The van der Waals surface area contributed by atoms with Gasteiger partial charge in [-0.3, -0.25) is 0 Å². The van der Waals surface area contributed by atoms with Crippen LogP contribution in [0.25, 0.3) is 5.57 Å². The molecule has 0 bridgehead atoms. The van der Waals surface area contributed by atoms with Gasteiger partial charge in [-0.15, -0.1) is 0 Å². The van der Waals surface area contributed by atoms with Gasteiger partial charge in [-0.25, -0.2) is 19.9 Å². The van der Waals surface area contributed by atoms with Gasteiger partial charge in [0.1, 0.15) is 5.82 Å². The summed E-state index contributed by atoms with van der Waals surface area (Å²) in [5, 5.41) is 0. The molecule has 2 N–H and O–H groups in total. The molecule has 22 heavy (non-hydrogen) atoms. The number of hydrogen-bond donors (Lipinski definition) is 1. The van der Waals surface area contributed by atoms with Gasteiger partial charge in [0, 0.05) is 36.4 Å². The standard InChI is InChI=1S/C17H19N5/c1-11-10-12(2)14(18)17(3,16-21-8-5-9-22-16)13(11)15-19-6-4-7-20-15/h4-10,14H,18H2,1-3H3. The molecular formula is C17H19N5. The Labute approximate surface area is 130 Å². The monoisotopic (exact) mass is 293 g/mol. The third-order valence-electron chi connectivity index (χ3n) is 4.29. The molecule has 2 atom stereocenters. The van der Waals surface area contributed by atoms with Crippen molar-refractivity contribution in [2.24, 2.45) is 5.73 Å². The Morgan fingerprint density at radius 3 is 2.09 bits per heavy atom. The van der Waals surface area contributed by atoms with E-state index >= 15 is 0 Å². The zero-order valence-corrected chi connectivity index (χ0v) is 13.0. The van der Waals surface area contributed by atoms with Crippen molar-refractivity contribution in [2.75, 3.05) is 0 Å². The molecular weight excluding hydrogens is 274 g/mol. The maximum absolute atomic E-state index is 6.54.